The summed E-state index contributed by atoms with van der Waals surface area (Å²) >= 11 is 8.32. The van der Waals surface area contributed by atoms with Crippen LogP contribution in [0.5, 0.6) is 11.5 Å². The number of ether oxygens (including phenoxy) is 3. The van der Waals surface area contributed by atoms with Crippen molar-refractivity contribution in [2.75, 3.05) is 40.5 Å². The first-order valence-corrected chi connectivity index (χ1v) is 15.2. The van der Waals surface area contributed by atoms with Crippen LogP contribution in [-0.4, -0.2) is 67.2 Å². The van der Waals surface area contributed by atoms with E-state index in [2.05, 4.69) is 36.9 Å². The topological polar surface area (TPSA) is 80.7 Å². The highest BCUT2D eigenvalue weighted by Crippen LogP contribution is 2.39. The molecule has 2 aliphatic rings. The van der Waals surface area contributed by atoms with Crippen LogP contribution in [-0.2, 0) is 16.1 Å². The molecule has 5 rings (SSSR count). The molecular weight excluding hydrogens is 674 g/mol. The molecule has 0 aliphatic carbocycles. The van der Waals surface area contributed by atoms with Crippen LogP contribution >= 0.6 is 43.6 Å². The molecule has 2 amide bonds. The van der Waals surface area contributed by atoms with Crippen molar-refractivity contribution in [1.29, 1.82) is 0 Å². The lowest BCUT2D eigenvalue weighted by atomic mass is 10.1. The molecule has 2 saturated heterocycles. The molecule has 212 valence electrons. The lowest BCUT2D eigenvalue weighted by Gasteiger charge is -2.26. The summed E-state index contributed by atoms with van der Waals surface area (Å²) in [6.07, 6.45) is 1.80. The fourth-order valence-electron chi connectivity index (χ4n) is 4.27. The normalized spacial score (nSPS) is 17.4. The van der Waals surface area contributed by atoms with Gasteiger partial charge in [0.1, 0.15) is 6.61 Å². The van der Waals surface area contributed by atoms with Crippen molar-refractivity contribution in [3.05, 3.63) is 91.2 Å². The predicted molar refractivity (Wildman–Crippen MR) is 168 cm³/mol. The molecule has 2 heterocycles. The van der Waals surface area contributed by atoms with E-state index in [4.69, 9.17) is 14.2 Å². The van der Waals surface area contributed by atoms with Crippen LogP contribution < -0.4 is 9.47 Å². The van der Waals surface area contributed by atoms with E-state index in [9.17, 15) is 9.59 Å². The smallest absolute Gasteiger partial charge is 0.266 e. The summed E-state index contributed by atoms with van der Waals surface area (Å²) in [6, 6.07) is 18.8. The predicted octanol–water partition coefficient (Wildman–Crippen LogP) is 6.51. The molecule has 11 heteroatoms. The average Bonchev–Trinajstić information content (AvgIpc) is 3.24. The molecule has 0 spiro atoms. The number of morpholine rings is 1. The summed E-state index contributed by atoms with van der Waals surface area (Å²) in [5.41, 5.74) is 2.95. The highest BCUT2D eigenvalue weighted by atomic mass is 79.9. The monoisotopic (exact) mass is 699 g/mol. The third-order valence-corrected chi connectivity index (χ3v) is 8.64. The van der Waals surface area contributed by atoms with Crippen LogP contribution in [0.25, 0.3) is 6.08 Å². The molecule has 0 saturated carbocycles. The van der Waals surface area contributed by atoms with Crippen LogP contribution in [0.3, 0.4) is 0 Å². The Morgan fingerprint density at radius 2 is 1.85 bits per heavy atom. The van der Waals surface area contributed by atoms with E-state index in [1.54, 1.807) is 43.3 Å². The number of rotatable bonds is 7. The van der Waals surface area contributed by atoms with E-state index in [0.717, 1.165) is 15.6 Å². The minimum absolute atomic E-state index is 0.0526. The second-order valence-electron chi connectivity index (χ2n) is 9.27. The maximum absolute atomic E-state index is 13.1. The van der Waals surface area contributed by atoms with Crippen molar-refractivity contribution >= 4 is 72.4 Å². The molecule has 0 atom stereocenters. The summed E-state index contributed by atoms with van der Waals surface area (Å²) in [5, 5.41) is 0.526. The van der Waals surface area contributed by atoms with E-state index in [1.165, 1.54) is 16.7 Å². The highest BCUT2D eigenvalue weighted by Gasteiger charge is 2.30. The number of amidine groups is 1. The van der Waals surface area contributed by atoms with Gasteiger partial charge in [-0.05, 0) is 87.4 Å². The molecule has 3 aromatic carbocycles. The Kier molecular flexibility index (Phi) is 9.49. The van der Waals surface area contributed by atoms with E-state index >= 15 is 0 Å². The molecule has 2 fully saturated rings. The number of amides is 2. The molecule has 2 aliphatic heterocycles. The van der Waals surface area contributed by atoms with Gasteiger partial charge in [-0.3, -0.25) is 14.5 Å². The Morgan fingerprint density at radius 1 is 1.10 bits per heavy atom. The second kappa shape index (κ2) is 13.2. The van der Waals surface area contributed by atoms with Gasteiger partial charge in [0.05, 0.1) is 35.4 Å². The Hall–Kier alpha value is -3.12. The van der Waals surface area contributed by atoms with E-state index in [-0.39, 0.29) is 11.8 Å². The molecule has 0 aromatic heterocycles. The van der Waals surface area contributed by atoms with Gasteiger partial charge in [0.15, 0.2) is 16.7 Å². The maximum Gasteiger partial charge on any atom is 0.266 e. The SMILES string of the molecule is COc1cc(/C=C2/SC(=Nc3cccc(C(=O)N4CCOCC4)c3)N(C)C2=O)cc(Br)c1OCc1ccc(Br)cc1. The quantitative estimate of drug-likeness (QED) is 0.262. The van der Waals surface area contributed by atoms with Crippen LogP contribution in [0, 0.1) is 0 Å². The summed E-state index contributed by atoms with van der Waals surface area (Å²) in [6.45, 7) is 2.59. The Labute approximate surface area is 259 Å². The number of aliphatic imine (C=N–C) groups is 1. The van der Waals surface area contributed by atoms with Gasteiger partial charge in [-0.15, -0.1) is 0 Å². The standard InChI is InChI=1S/C30H27Br2N3O5S/c1-34-29(37)26(41-30(34)33-23-5-3-4-21(17-23)28(36)35-10-12-39-13-11-35)16-20-14-24(32)27(25(15-20)38-2)40-18-19-6-8-22(31)9-7-19/h3-9,14-17H,10-13,18H2,1-2H3/b26-16+,33-30?. The Morgan fingerprint density at radius 3 is 2.59 bits per heavy atom. The largest absolute Gasteiger partial charge is 0.493 e. The fraction of sp³-hybridized carbons (Fsp3) is 0.233. The third-order valence-electron chi connectivity index (χ3n) is 6.47. The average molecular weight is 701 g/mol. The van der Waals surface area contributed by atoms with Crippen molar-refractivity contribution in [3.8, 4) is 11.5 Å². The van der Waals surface area contributed by atoms with Gasteiger partial charge in [-0.25, -0.2) is 4.99 Å². The van der Waals surface area contributed by atoms with E-state index in [1.807, 2.05) is 42.5 Å². The zero-order valence-electron chi connectivity index (χ0n) is 22.4. The summed E-state index contributed by atoms with van der Waals surface area (Å²) in [4.78, 5) is 34.5. The van der Waals surface area contributed by atoms with Crippen LogP contribution in [0.1, 0.15) is 21.5 Å². The minimum atomic E-state index is -0.167. The second-order valence-corrected chi connectivity index (χ2v) is 12.1. The van der Waals surface area contributed by atoms with Gasteiger partial charge < -0.3 is 19.1 Å². The zero-order chi connectivity index (χ0) is 28.9. The number of thioether (sulfide) groups is 1. The van der Waals surface area contributed by atoms with E-state index in [0.29, 0.717) is 70.2 Å². The molecule has 0 bridgehead atoms. The number of halogens is 2. The number of likely N-dealkylation sites (N-methyl/N-ethyl adjacent to an activating group) is 1. The molecule has 41 heavy (non-hydrogen) atoms. The molecule has 0 radical (unpaired) electrons. The van der Waals surface area contributed by atoms with Gasteiger partial charge >= 0.3 is 0 Å². The number of carbonyl (C=O) groups excluding carboxylic acids is 2. The van der Waals surface area contributed by atoms with Crippen LogP contribution in [0.4, 0.5) is 5.69 Å². The third kappa shape index (κ3) is 7.03. The summed E-state index contributed by atoms with van der Waals surface area (Å²) in [7, 11) is 3.27. The Bertz CT molecular complexity index is 1520. The first-order chi connectivity index (χ1) is 19.8. The zero-order valence-corrected chi connectivity index (χ0v) is 26.4. The number of nitrogens with zero attached hydrogens (tertiary/aromatic N) is 3. The van der Waals surface area contributed by atoms with Gasteiger partial charge in [0.2, 0.25) is 0 Å². The molecule has 3 aromatic rings. The Balaban J connectivity index is 1.33. The number of hydrogen-bond donors (Lipinski definition) is 0. The number of benzene rings is 3. The van der Waals surface area contributed by atoms with Crippen molar-refractivity contribution < 1.29 is 23.8 Å². The minimum Gasteiger partial charge on any atom is -0.493 e. The van der Waals surface area contributed by atoms with Crippen LogP contribution in [0.15, 0.2) is 79.5 Å². The van der Waals surface area contributed by atoms with Gasteiger partial charge in [-0.1, -0.05) is 34.1 Å². The number of hydrogen-bond acceptors (Lipinski definition) is 7. The van der Waals surface area contributed by atoms with Crippen molar-refractivity contribution in [2.45, 2.75) is 6.61 Å². The number of carbonyl (C=O) groups is 2. The summed E-state index contributed by atoms with van der Waals surface area (Å²) in [5.74, 6) is 0.903. The molecule has 0 N–H and O–H groups in total. The van der Waals surface area contributed by atoms with Crippen molar-refractivity contribution in [1.82, 2.24) is 9.80 Å². The van der Waals surface area contributed by atoms with Gasteiger partial charge in [-0.2, -0.15) is 0 Å². The molecule has 0 unspecified atom stereocenters. The highest BCUT2D eigenvalue weighted by molar-refractivity contribution is 9.10. The maximum atomic E-state index is 13.1. The fourth-order valence-corrected chi connectivity index (χ4v) is 6.10. The first-order valence-electron chi connectivity index (χ1n) is 12.8. The lowest BCUT2D eigenvalue weighted by Crippen LogP contribution is -2.40. The van der Waals surface area contributed by atoms with E-state index < -0.39 is 0 Å². The number of methoxy groups -OCH3 is 1. The van der Waals surface area contributed by atoms with Crippen molar-refractivity contribution in [2.24, 2.45) is 4.99 Å². The summed E-state index contributed by atoms with van der Waals surface area (Å²) < 4.78 is 18.7. The van der Waals surface area contributed by atoms with Gasteiger partial charge in [0.25, 0.3) is 11.8 Å². The van der Waals surface area contributed by atoms with Crippen molar-refractivity contribution in [3.63, 3.8) is 0 Å². The van der Waals surface area contributed by atoms with Gasteiger partial charge in [0, 0.05) is 30.2 Å². The first kappa shape index (κ1) is 29.4. The van der Waals surface area contributed by atoms with Crippen LogP contribution in [0.2, 0.25) is 0 Å². The molecular formula is C30H27Br2N3O5S. The lowest BCUT2D eigenvalue weighted by molar-refractivity contribution is -0.121. The molecule has 8 nitrogen and oxygen atoms in total.